The van der Waals surface area contributed by atoms with Gasteiger partial charge >= 0.3 is 6.03 Å². The lowest BCUT2D eigenvalue weighted by Crippen LogP contribution is -2.43. The number of para-hydroxylation sites is 1. The molecule has 0 bridgehead atoms. The van der Waals surface area contributed by atoms with E-state index in [2.05, 4.69) is 17.6 Å². The van der Waals surface area contributed by atoms with E-state index in [1.54, 1.807) is 9.36 Å². The molecule has 6 heteroatoms. The van der Waals surface area contributed by atoms with E-state index in [0.717, 1.165) is 30.6 Å². The number of urea groups is 1. The van der Waals surface area contributed by atoms with Crippen molar-refractivity contribution in [1.29, 1.82) is 0 Å². The van der Waals surface area contributed by atoms with Crippen molar-refractivity contribution in [3.63, 3.8) is 0 Å². The maximum Gasteiger partial charge on any atom is 0.319 e. The number of benzene rings is 1. The molecule has 2 atom stereocenters. The smallest absolute Gasteiger partial charge is 0.319 e. The molecule has 1 aromatic carbocycles. The average Bonchev–Trinajstić information content (AvgIpc) is 2.81. The van der Waals surface area contributed by atoms with Gasteiger partial charge in [0.05, 0.1) is 11.4 Å². The molecule has 134 valence electrons. The first-order valence-corrected chi connectivity index (χ1v) is 8.90. The van der Waals surface area contributed by atoms with Crippen LogP contribution in [-0.2, 0) is 7.05 Å². The van der Waals surface area contributed by atoms with Gasteiger partial charge in [-0.3, -0.25) is 9.48 Å². The molecule has 1 fully saturated rings. The number of nitrogens with one attached hydrogen (secondary N) is 2. The Morgan fingerprint density at radius 3 is 2.52 bits per heavy atom. The lowest BCUT2D eigenvalue weighted by atomic mass is 9.86. The second-order valence-electron chi connectivity index (χ2n) is 6.90. The van der Waals surface area contributed by atoms with Crippen LogP contribution < -0.4 is 16.2 Å². The van der Waals surface area contributed by atoms with Crippen LogP contribution in [0.2, 0.25) is 0 Å². The summed E-state index contributed by atoms with van der Waals surface area (Å²) in [6, 6.07) is 9.28. The van der Waals surface area contributed by atoms with Crippen LogP contribution in [0.3, 0.4) is 0 Å². The Bertz CT molecular complexity index is 807. The van der Waals surface area contributed by atoms with Crippen molar-refractivity contribution in [3.8, 4) is 5.69 Å². The number of hydrogen-bond donors (Lipinski definition) is 2. The first kappa shape index (κ1) is 17.3. The molecule has 0 aliphatic heterocycles. The quantitative estimate of drug-likeness (QED) is 0.899. The van der Waals surface area contributed by atoms with Crippen LogP contribution in [0, 0.1) is 12.8 Å². The highest BCUT2D eigenvalue weighted by molar-refractivity contribution is 5.90. The molecule has 1 aromatic heterocycles. The summed E-state index contributed by atoms with van der Waals surface area (Å²) in [7, 11) is 1.82. The number of carbonyl (C=O) groups is 1. The van der Waals surface area contributed by atoms with Gasteiger partial charge in [-0.05, 0) is 37.8 Å². The van der Waals surface area contributed by atoms with Crippen LogP contribution in [0.25, 0.3) is 5.69 Å². The molecule has 1 saturated carbocycles. The number of anilines is 1. The van der Waals surface area contributed by atoms with Gasteiger partial charge in [-0.25, -0.2) is 9.48 Å². The van der Waals surface area contributed by atoms with Gasteiger partial charge in [-0.15, -0.1) is 0 Å². The summed E-state index contributed by atoms with van der Waals surface area (Å²) in [6.45, 7) is 4.00. The third-order valence-electron chi connectivity index (χ3n) is 5.22. The molecule has 6 nitrogen and oxygen atoms in total. The Morgan fingerprint density at radius 1 is 1.16 bits per heavy atom. The van der Waals surface area contributed by atoms with Gasteiger partial charge in [-0.1, -0.05) is 38.0 Å². The maximum atomic E-state index is 12.8. The minimum atomic E-state index is -0.301. The van der Waals surface area contributed by atoms with Crippen molar-refractivity contribution in [3.05, 3.63) is 46.4 Å². The van der Waals surface area contributed by atoms with Crippen LogP contribution in [-0.4, -0.2) is 21.4 Å². The van der Waals surface area contributed by atoms with Crippen molar-refractivity contribution < 1.29 is 4.79 Å². The van der Waals surface area contributed by atoms with Gasteiger partial charge in [0, 0.05) is 13.1 Å². The van der Waals surface area contributed by atoms with Gasteiger partial charge in [0.1, 0.15) is 5.69 Å². The van der Waals surface area contributed by atoms with E-state index in [4.69, 9.17) is 0 Å². The molecular formula is C19H26N4O2. The van der Waals surface area contributed by atoms with Crippen LogP contribution in [0.5, 0.6) is 0 Å². The highest BCUT2D eigenvalue weighted by Gasteiger charge is 2.24. The molecule has 2 N–H and O–H groups in total. The zero-order valence-electron chi connectivity index (χ0n) is 15.1. The van der Waals surface area contributed by atoms with Gasteiger partial charge in [0.15, 0.2) is 0 Å². The lowest BCUT2D eigenvalue weighted by molar-refractivity contribution is 0.232. The monoisotopic (exact) mass is 342 g/mol. The third-order valence-corrected chi connectivity index (χ3v) is 5.22. The van der Waals surface area contributed by atoms with Gasteiger partial charge in [0.25, 0.3) is 5.56 Å². The fraction of sp³-hybridized carbons (Fsp3) is 0.474. The molecule has 0 radical (unpaired) electrons. The maximum absolute atomic E-state index is 12.8. The van der Waals surface area contributed by atoms with Crippen molar-refractivity contribution in [2.45, 2.75) is 45.6 Å². The zero-order valence-corrected chi connectivity index (χ0v) is 15.1. The number of nitrogens with zero attached hydrogens (tertiary/aromatic N) is 2. The number of carbonyl (C=O) groups excluding carboxylic acids is 1. The Balaban J connectivity index is 1.81. The normalized spacial score (nSPS) is 20.3. The lowest BCUT2D eigenvalue weighted by Gasteiger charge is -2.29. The first-order chi connectivity index (χ1) is 12.0. The van der Waals surface area contributed by atoms with Gasteiger partial charge in [0.2, 0.25) is 0 Å². The standard InChI is InChI=1S/C19H26N4O2/c1-13-9-7-8-12-16(13)20-19(25)21-17-14(2)22(3)23(18(17)24)15-10-5-4-6-11-15/h4-6,10-11,13,16H,7-9,12H2,1-3H3,(H2,20,21,25)/t13-,16-/m1/s1. The molecule has 0 saturated heterocycles. The fourth-order valence-electron chi connectivity index (χ4n) is 3.56. The number of hydrogen-bond acceptors (Lipinski definition) is 2. The highest BCUT2D eigenvalue weighted by Crippen LogP contribution is 2.23. The molecule has 1 heterocycles. The summed E-state index contributed by atoms with van der Waals surface area (Å²) in [5.74, 6) is 0.470. The van der Waals surface area contributed by atoms with E-state index >= 15 is 0 Å². The van der Waals surface area contributed by atoms with Crippen LogP contribution >= 0.6 is 0 Å². The van der Waals surface area contributed by atoms with E-state index in [9.17, 15) is 9.59 Å². The Kier molecular flexibility index (Phi) is 4.97. The topological polar surface area (TPSA) is 68.1 Å². The average molecular weight is 342 g/mol. The molecular weight excluding hydrogens is 316 g/mol. The Morgan fingerprint density at radius 2 is 1.84 bits per heavy atom. The predicted molar refractivity (Wildman–Crippen MR) is 99.3 cm³/mol. The van der Waals surface area contributed by atoms with E-state index < -0.39 is 0 Å². The predicted octanol–water partition coefficient (Wildman–Crippen LogP) is 3.18. The van der Waals surface area contributed by atoms with Crippen molar-refractivity contribution >= 4 is 11.7 Å². The largest absolute Gasteiger partial charge is 0.335 e. The number of rotatable bonds is 3. The molecule has 3 rings (SSSR count). The summed E-state index contributed by atoms with van der Waals surface area (Å²) in [5.41, 5.74) is 1.60. The van der Waals surface area contributed by atoms with Crippen LogP contribution in [0.4, 0.5) is 10.5 Å². The van der Waals surface area contributed by atoms with Gasteiger partial charge in [-0.2, -0.15) is 0 Å². The number of amides is 2. The second-order valence-corrected chi connectivity index (χ2v) is 6.90. The molecule has 2 amide bonds. The molecule has 25 heavy (non-hydrogen) atoms. The first-order valence-electron chi connectivity index (χ1n) is 8.90. The van der Waals surface area contributed by atoms with Crippen LogP contribution in [0.1, 0.15) is 38.3 Å². The summed E-state index contributed by atoms with van der Waals surface area (Å²) < 4.78 is 3.32. The van der Waals surface area contributed by atoms with Crippen molar-refractivity contribution in [2.24, 2.45) is 13.0 Å². The molecule has 0 spiro atoms. The fourth-order valence-corrected chi connectivity index (χ4v) is 3.56. The second kappa shape index (κ2) is 7.17. The van der Waals surface area contributed by atoms with Gasteiger partial charge < -0.3 is 10.6 Å². The molecule has 1 aliphatic rings. The number of aromatic nitrogens is 2. The van der Waals surface area contributed by atoms with E-state index in [-0.39, 0.29) is 17.6 Å². The Labute approximate surface area is 147 Å². The summed E-state index contributed by atoms with van der Waals surface area (Å²) in [5, 5.41) is 5.81. The third kappa shape index (κ3) is 3.48. The zero-order chi connectivity index (χ0) is 18.0. The minimum absolute atomic E-state index is 0.175. The van der Waals surface area contributed by atoms with Crippen molar-refractivity contribution in [2.75, 3.05) is 5.32 Å². The molecule has 0 unspecified atom stereocenters. The van der Waals surface area contributed by atoms with E-state index in [1.165, 1.54) is 6.42 Å². The summed E-state index contributed by atoms with van der Waals surface area (Å²) in [4.78, 5) is 25.2. The Hall–Kier alpha value is -2.50. The molecule has 2 aromatic rings. The van der Waals surface area contributed by atoms with E-state index in [0.29, 0.717) is 11.6 Å². The molecule has 1 aliphatic carbocycles. The minimum Gasteiger partial charge on any atom is -0.335 e. The van der Waals surface area contributed by atoms with E-state index in [1.807, 2.05) is 44.3 Å². The van der Waals surface area contributed by atoms with Crippen molar-refractivity contribution in [1.82, 2.24) is 14.7 Å². The summed E-state index contributed by atoms with van der Waals surface area (Å²) >= 11 is 0. The van der Waals surface area contributed by atoms with Crippen LogP contribution in [0.15, 0.2) is 35.1 Å². The summed E-state index contributed by atoms with van der Waals surface area (Å²) in [6.07, 6.45) is 4.49. The SMILES string of the molecule is Cc1c(NC(=O)N[C@@H]2CCCC[C@H]2C)c(=O)n(-c2ccccc2)n1C. The highest BCUT2D eigenvalue weighted by atomic mass is 16.2.